The molecule has 0 saturated carbocycles. The Labute approximate surface area is 209 Å². The number of aliphatic hydroxyl groups excluding tert-OH is 1. The number of nitrogens with one attached hydrogen (secondary N) is 2. The molecule has 9 heteroatoms. The van der Waals surface area contributed by atoms with Gasteiger partial charge in [0.2, 0.25) is 11.8 Å². The fraction of sp³-hybridized carbons (Fsp3) is 0.654. The number of hydrogen-bond donors (Lipinski definition) is 4. The monoisotopic (exact) mass is 493 g/mol. The van der Waals surface area contributed by atoms with Crippen LogP contribution >= 0.6 is 0 Å². The first-order chi connectivity index (χ1) is 16.2. The Morgan fingerprint density at radius 1 is 1.03 bits per heavy atom. The number of aliphatic hydroxyl groups is 1. The van der Waals surface area contributed by atoms with Gasteiger partial charge in [-0.05, 0) is 72.1 Å². The van der Waals surface area contributed by atoms with Crippen LogP contribution in [0.5, 0.6) is 5.75 Å². The van der Waals surface area contributed by atoms with Gasteiger partial charge in [-0.3, -0.25) is 9.59 Å². The Hall–Kier alpha value is -2.81. The summed E-state index contributed by atoms with van der Waals surface area (Å²) in [5, 5.41) is 25.2. The lowest BCUT2D eigenvalue weighted by molar-refractivity contribution is -0.150. The third-order valence-electron chi connectivity index (χ3n) is 5.75. The highest BCUT2D eigenvalue weighted by Gasteiger charge is 2.43. The predicted molar refractivity (Wildman–Crippen MR) is 135 cm³/mol. The van der Waals surface area contributed by atoms with Crippen molar-refractivity contribution in [3.63, 3.8) is 0 Å². The molecule has 3 amide bonds. The van der Waals surface area contributed by atoms with Gasteiger partial charge in [-0.25, -0.2) is 4.79 Å². The van der Waals surface area contributed by atoms with Crippen molar-refractivity contribution in [2.45, 2.75) is 104 Å². The van der Waals surface area contributed by atoms with E-state index in [-0.39, 0.29) is 17.7 Å². The zero-order valence-corrected chi connectivity index (χ0v) is 22.3. The van der Waals surface area contributed by atoms with Gasteiger partial charge in [-0.1, -0.05) is 32.4 Å². The summed E-state index contributed by atoms with van der Waals surface area (Å²) in [6.45, 7) is 13.8. The van der Waals surface area contributed by atoms with Crippen LogP contribution in [0.25, 0.3) is 0 Å². The zero-order chi connectivity index (χ0) is 27.0. The van der Waals surface area contributed by atoms with E-state index < -0.39 is 41.8 Å². The molecule has 1 aromatic carbocycles. The van der Waals surface area contributed by atoms with Crippen molar-refractivity contribution >= 4 is 17.9 Å². The maximum atomic E-state index is 13.8. The predicted octanol–water partition coefficient (Wildman–Crippen LogP) is 3.64. The van der Waals surface area contributed by atoms with Gasteiger partial charge in [0, 0.05) is 11.6 Å². The summed E-state index contributed by atoms with van der Waals surface area (Å²) >= 11 is 0. The molecular weight excluding hydrogens is 450 g/mol. The van der Waals surface area contributed by atoms with E-state index in [9.17, 15) is 24.6 Å². The van der Waals surface area contributed by atoms with Crippen LogP contribution < -0.4 is 10.6 Å². The highest BCUT2D eigenvalue weighted by Crippen LogP contribution is 2.33. The molecule has 0 aliphatic rings. The molecule has 0 aromatic heterocycles. The van der Waals surface area contributed by atoms with Gasteiger partial charge >= 0.3 is 6.09 Å². The minimum Gasteiger partial charge on any atom is -0.508 e. The van der Waals surface area contributed by atoms with Gasteiger partial charge in [0.25, 0.3) is 0 Å². The van der Waals surface area contributed by atoms with E-state index in [0.29, 0.717) is 12.0 Å². The molecule has 35 heavy (non-hydrogen) atoms. The first-order valence-electron chi connectivity index (χ1n) is 12.2. The van der Waals surface area contributed by atoms with Crippen LogP contribution in [0, 0.1) is 0 Å². The van der Waals surface area contributed by atoms with Gasteiger partial charge in [-0.15, -0.1) is 0 Å². The molecule has 1 rings (SSSR count). The van der Waals surface area contributed by atoms with E-state index in [2.05, 4.69) is 10.6 Å². The number of alkyl carbamates (subject to hydrolysis) is 1. The minimum absolute atomic E-state index is 0.0275. The third kappa shape index (κ3) is 9.05. The van der Waals surface area contributed by atoms with Crippen molar-refractivity contribution in [3.05, 3.63) is 29.8 Å². The highest BCUT2D eigenvalue weighted by molar-refractivity contribution is 5.92. The second-order valence-electron chi connectivity index (χ2n) is 10.4. The zero-order valence-electron chi connectivity index (χ0n) is 22.3. The van der Waals surface area contributed by atoms with Crippen LogP contribution in [0.15, 0.2) is 24.3 Å². The number of benzene rings is 1. The van der Waals surface area contributed by atoms with E-state index in [0.717, 1.165) is 12.8 Å². The lowest BCUT2D eigenvalue weighted by Crippen LogP contribution is -2.60. The van der Waals surface area contributed by atoms with Crippen molar-refractivity contribution in [2.24, 2.45) is 0 Å². The molecule has 198 valence electrons. The van der Waals surface area contributed by atoms with Crippen molar-refractivity contribution < 1.29 is 29.3 Å². The number of ether oxygens (including phenoxy) is 1. The summed E-state index contributed by atoms with van der Waals surface area (Å²) in [5.41, 5.74) is -1.12. The molecule has 0 aliphatic carbocycles. The number of phenols is 1. The number of aromatic hydroxyl groups is 1. The normalized spacial score (nSPS) is 14.4. The topological polar surface area (TPSA) is 128 Å². The largest absolute Gasteiger partial charge is 0.508 e. The molecule has 0 heterocycles. The molecule has 0 bridgehead atoms. The molecule has 1 aromatic rings. The molecular formula is C26H43N3O6. The van der Waals surface area contributed by atoms with Crippen LogP contribution in [-0.2, 0) is 14.3 Å². The van der Waals surface area contributed by atoms with Gasteiger partial charge in [0.05, 0.1) is 6.61 Å². The van der Waals surface area contributed by atoms with Gasteiger partial charge in [0.15, 0.2) is 0 Å². The Balaban J connectivity index is 3.52. The molecule has 0 fully saturated rings. The maximum absolute atomic E-state index is 13.8. The average Bonchev–Trinajstić information content (AvgIpc) is 2.74. The van der Waals surface area contributed by atoms with Crippen LogP contribution in [0.4, 0.5) is 4.79 Å². The second kappa shape index (κ2) is 12.8. The van der Waals surface area contributed by atoms with Crippen molar-refractivity contribution in [3.8, 4) is 5.75 Å². The molecule has 9 nitrogen and oxygen atoms in total. The molecule has 0 aliphatic heterocycles. The van der Waals surface area contributed by atoms with Crippen molar-refractivity contribution in [1.82, 2.24) is 15.5 Å². The number of hydrogen-bond acceptors (Lipinski definition) is 6. The van der Waals surface area contributed by atoms with Crippen LogP contribution in [-0.4, -0.2) is 62.9 Å². The number of nitrogens with zero attached hydrogens (tertiary/aromatic N) is 1. The van der Waals surface area contributed by atoms with Crippen LogP contribution in [0.1, 0.15) is 86.3 Å². The Morgan fingerprint density at radius 3 is 2.06 bits per heavy atom. The van der Waals surface area contributed by atoms with Gasteiger partial charge in [-0.2, -0.15) is 0 Å². The summed E-state index contributed by atoms with van der Waals surface area (Å²) in [4.78, 5) is 41.2. The molecule has 0 spiro atoms. The lowest BCUT2D eigenvalue weighted by Gasteiger charge is -2.44. The first-order valence-corrected chi connectivity index (χ1v) is 12.2. The third-order valence-corrected chi connectivity index (χ3v) is 5.75. The van der Waals surface area contributed by atoms with Crippen LogP contribution in [0.3, 0.4) is 0 Å². The van der Waals surface area contributed by atoms with E-state index in [1.165, 1.54) is 17.0 Å². The lowest BCUT2D eigenvalue weighted by atomic mass is 9.92. The Morgan fingerprint density at radius 2 is 1.60 bits per heavy atom. The Bertz CT molecular complexity index is 848. The highest BCUT2D eigenvalue weighted by atomic mass is 16.6. The second-order valence-corrected chi connectivity index (χ2v) is 10.4. The molecule has 4 N–H and O–H groups in total. The summed E-state index contributed by atoms with van der Waals surface area (Å²) in [5.74, 6) is -0.984. The van der Waals surface area contributed by atoms with Crippen LogP contribution in [0.2, 0.25) is 0 Å². The van der Waals surface area contributed by atoms with Gasteiger partial charge in [0.1, 0.15) is 23.4 Å². The fourth-order valence-electron chi connectivity index (χ4n) is 3.65. The maximum Gasteiger partial charge on any atom is 0.408 e. The molecule has 3 atom stereocenters. The van der Waals surface area contributed by atoms with E-state index in [1.807, 2.05) is 34.6 Å². The number of phenolic OH excluding ortho intramolecular Hbond substituents is 1. The summed E-state index contributed by atoms with van der Waals surface area (Å²) in [6.07, 6.45) is 1.29. The van der Waals surface area contributed by atoms with E-state index in [1.54, 1.807) is 32.9 Å². The van der Waals surface area contributed by atoms with E-state index >= 15 is 0 Å². The first kappa shape index (κ1) is 30.2. The van der Waals surface area contributed by atoms with Gasteiger partial charge < -0.3 is 30.5 Å². The smallest absolute Gasteiger partial charge is 0.408 e. The fourth-order valence-corrected chi connectivity index (χ4v) is 3.65. The number of carbonyl (C=O) groups excluding carboxylic acids is 3. The number of carbonyl (C=O) groups is 3. The molecule has 0 radical (unpaired) electrons. The minimum atomic E-state index is -1.32. The van der Waals surface area contributed by atoms with E-state index in [4.69, 9.17) is 4.74 Å². The quantitative estimate of drug-likeness (QED) is 0.373. The number of amides is 3. The molecule has 0 saturated heterocycles. The Kier molecular flexibility index (Phi) is 11.0. The molecule has 3 unspecified atom stereocenters. The SMILES string of the molecule is CCCC(C)NC(=O)C(c1ccc(O)cc1)N(C(=O)C(CO)NC(=O)OC(C)(C)C)C(C)(C)CC. The number of rotatable bonds is 11. The standard InChI is InChI=1S/C26H43N3O6/c1-9-11-17(3)27-22(32)21(18-12-14-19(31)15-13-18)29(26(7,8)10-2)23(33)20(16-30)28-24(34)35-25(4,5)6/h12-15,17,20-21,30-31H,9-11,16H2,1-8H3,(H,27,32)(H,28,34). The summed E-state index contributed by atoms with van der Waals surface area (Å²) < 4.78 is 5.26. The van der Waals surface area contributed by atoms with Crippen molar-refractivity contribution in [2.75, 3.05) is 6.61 Å². The average molecular weight is 494 g/mol. The summed E-state index contributed by atoms with van der Waals surface area (Å²) in [7, 11) is 0. The summed E-state index contributed by atoms with van der Waals surface area (Å²) in [6, 6.07) is 3.58. The van der Waals surface area contributed by atoms with Crippen molar-refractivity contribution in [1.29, 1.82) is 0 Å².